The fourth-order valence-corrected chi connectivity index (χ4v) is 0.999. The van der Waals surface area contributed by atoms with Crippen LogP contribution in [0.1, 0.15) is 10.4 Å². The highest BCUT2D eigenvalue weighted by Gasteiger charge is 2.03. The first-order valence-corrected chi connectivity index (χ1v) is 4.58. The van der Waals surface area contributed by atoms with Crippen molar-refractivity contribution >= 4 is 17.7 Å². The van der Waals surface area contributed by atoms with Crippen molar-refractivity contribution in [3.05, 3.63) is 18.0 Å². The van der Waals surface area contributed by atoms with Crippen molar-refractivity contribution in [3.63, 3.8) is 0 Å². The van der Waals surface area contributed by atoms with Crippen LogP contribution in [0.25, 0.3) is 0 Å². The molecule has 1 rings (SSSR count). The third-order valence-electron chi connectivity index (χ3n) is 1.30. The van der Waals surface area contributed by atoms with Gasteiger partial charge in [0.1, 0.15) is 0 Å². The van der Waals surface area contributed by atoms with Crippen molar-refractivity contribution in [1.82, 2.24) is 15.3 Å². The molecule has 1 heterocycles. The molecule has 0 saturated heterocycles. The number of thioether (sulfide) groups is 1. The molecule has 12 heavy (non-hydrogen) atoms. The van der Waals surface area contributed by atoms with Gasteiger partial charge in [-0.05, 0) is 6.26 Å². The molecule has 5 heteroatoms. The molecule has 1 N–H and O–H groups in total. The summed E-state index contributed by atoms with van der Waals surface area (Å²) in [6.07, 6.45) is 4.91. The smallest absolute Gasteiger partial charge is 0.254 e. The van der Waals surface area contributed by atoms with Gasteiger partial charge >= 0.3 is 0 Å². The van der Waals surface area contributed by atoms with Gasteiger partial charge in [0.25, 0.3) is 5.91 Å². The minimum atomic E-state index is -0.164. The van der Waals surface area contributed by atoms with E-state index < -0.39 is 0 Å². The Morgan fingerprint density at radius 2 is 2.08 bits per heavy atom. The van der Waals surface area contributed by atoms with E-state index in [0.29, 0.717) is 10.7 Å². The lowest BCUT2D eigenvalue weighted by Crippen LogP contribution is -2.18. The van der Waals surface area contributed by atoms with Gasteiger partial charge in [0.05, 0.1) is 5.56 Å². The summed E-state index contributed by atoms with van der Waals surface area (Å²) in [5, 5.41) is 3.16. The molecule has 0 aromatic carbocycles. The zero-order valence-electron chi connectivity index (χ0n) is 6.87. The summed E-state index contributed by atoms with van der Waals surface area (Å²) in [5.41, 5.74) is 0.482. The Hall–Kier alpha value is -1.10. The highest BCUT2D eigenvalue weighted by molar-refractivity contribution is 7.98. The number of nitrogens with one attached hydrogen (secondary N) is 1. The maximum atomic E-state index is 11.0. The van der Waals surface area contributed by atoms with Gasteiger partial charge in [-0.1, -0.05) is 11.8 Å². The van der Waals surface area contributed by atoms with Gasteiger partial charge in [0, 0.05) is 19.4 Å². The highest BCUT2D eigenvalue weighted by Crippen LogP contribution is 2.06. The highest BCUT2D eigenvalue weighted by atomic mass is 32.2. The second-order valence-electron chi connectivity index (χ2n) is 2.04. The number of hydrogen-bond donors (Lipinski definition) is 1. The Labute approximate surface area is 74.8 Å². The molecule has 64 valence electrons. The van der Waals surface area contributed by atoms with Gasteiger partial charge in [-0.2, -0.15) is 0 Å². The lowest BCUT2D eigenvalue weighted by molar-refractivity contribution is 0.0962. The Bertz CT molecular complexity index is 272. The molecular formula is C7H9N3OS. The number of aromatic nitrogens is 2. The normalized spacial score (nSPS) is 9.50. The molecule has 0 bridgehead atoms. The molecule has 4 nitrogen and oxygen atoms in total. The van der Waals surface area contributed by atoms with Crippen LogP contribution in [-0.2, 0) is 0 Å². The average Bonchev–Trinajstić information content (AvgIpc) is 2.17. The SMILES string of the molecule is CNC(=O)c1cnc(SC)nc1. The topological polar surface area (TPSA) is 54.9 Å². The standard InChI is InChI=1S/C7H9N3OS/c1-8-6(11)5-3-9-7(12-2)10-4-5/h3-4H,1-2H3,(H,8,11). The van der Waals surface area contributed by atoms with Crippen LogP contribution >= 0.6 is 11.8 Å². The second kappa shape index (κ2) is 4.06. The van der Waals surface area contributed by atoms with Crippen LogP contribution in [0.5, 0.6) is 0 Å². The van der Waals surface area contributed by atoms with E-state index in [9.17, 15) is 4.79 Å². The van der Waals surface area contributed by atoms with E-state index in [0.717, 1.165) is 0 Å². The molecule has 1 aromatic rings. The van der Waals surface area contributed by atoms with Gasteiger partial charge < -0.3 is 5.32 Å². The molecular weight excluding hydrogens is 174 g/mol. The summed E-state index contributed by atoms with van der Waals surface area (Å²) in [4.78, 5) is 18.9. The van der Waals surface area contributed by atoms with Gasteiger partial charge in [-0.3, -0.25) is 4.79 Å². The predicted octanol–water partition coefficient (Wildman–Crippen LogP) is 0.558. The molecule has 1 amide bonds. The van der Waals surface area contributed by atoms with Gasteiger partial charge in [-0.15, -0.1) is 0 Å². The van der Waals surface area contributed by atoms with E-state index in [1.807, 2.05) is 6.26 Å². The number of rotatable bonds is 2. The zero-order chi connectivity index (χ0) is 8.97. The molecule has 0 aliphatic rings. The Morgan fingerprint density at radius 3 is 2.50 bits per heavy atom. The molecule has 0 saturated carbocycles. The Morgan fingerprint density at radius 1 is 1.50 bits per heavy atom. The van der Waals surface area contributed by atoms with Crippen LogP contribution in [0, 0.1) is 0 Å². The summed E-state index contributed by atoms with van der Waals surface area (Å²) < 4.78 is 0. The Balaban J connectivity index is 2.84. The van der Waals surface area contributed by atoms with Crippen molar-refractivity contribution in [2.24, 2.45) is 0 Å². The summed E-state index contributed by atoms with van der Waals surface area (Å²) in [6.45, 7) is 0. The minimum Gasteiger partial charge on any atom is -0.355 e. The van der Waals surface area contributed by atoms with Crippen LogP contribution in [0.2, 0.25) is 0 Å². The zero-order valence-corrected chi connectivity index (χ0v) is 7.68. The van der Waals surface area contributed by atoms with E-state index in [-0.39, 0.29) is 5.91 Å². The van der Waals surface area contributed by atoms with Crippen molar-refractivity contribution < 1.29 is 4.79 Å². The average molecular weight is 183 g/mol. The first-order valence-electron chi connectivity index (χ1n) is 3.36. The largest absolute Gasteiger partial charge is 0.355 e. The third-order valence-corrected chi connectivity index (χ3v) is 1.88. The van der Waals surface area contributed by atoms with Gasteiger partial charge in [0.2, 0.25) is 0 Å². The van der Waals surface area contributed by atoms with Crippen molar-refractivity contribution in [1.29, 1.82) is 0 Å². The molecule has 0 spiro atoms. The number of carbonyl (C=O) groups is 1. The molecule has 0 fully saturated rings. The van der Waals surface area contributed by atoms with Crippen LogP contribution < -0.4 is 5.32 Å². The first kappa shape index (κ1) is 8.99. The molecule has 0 aliphatic carbocycles. The summed E-state index contributed by atoms with van der Waals surface area (Å²) >= 11 is 1.44. The Kier molecular flexibility index (Phi) is 3.04. The second-order valence-corrected chi connectivity index (χ2v) is 2.81. The number of amides is 1. The van der Waals surface area contributed by atoms with E-state index >= 15 is 0 Å². The van der Waals surface area contributed by atoms with Crippen molar-refractivity contribution in [2.75, 3.05) is 13.3 Å². The maximum absolute atomic E-state index is 11.0. The fourth-order valence-electron chi connectivity index (χ4n) is 0.683. The maximum Gasteiger partial charge on any atom is 0.254 e. The molecule has 0 aliphatic heterocycles. The number of hydrogen-bond acceptors (Lipinski definition) is 4. The fraction of sp³-hybridized carbons (Fsp3) is 0.286. The summed E-state index contributed by atoms with van der Waals surface area (Å²) in [7, 11) is 1.57. The lowest BCUT2D eigenvalue weighted by atomic mass is 10.3. The predicted molar refractivity (Wildman–Crippen MR) is 47.2 cm³/mol. The third kappa shape index (κ3) is 1.94. The van der Waals surface area contributed by atoms with E-state index in [1.165, 1.54) is 24.2 Å². The van der Waals surface area contributed by atoms with E-state index in [1.54, 1.807) is 7.05 Å². The lowest BCUT2D eigenvalue weighted by Gasteiger charge is -1.98. The monoisotopic (exact) mass is 183 g/mol. The van der Waals surface area contributed by atoms with Crippen molar-refractivity contribution in [3.8, 4) is 0 Å². The summed E-state index contributed by atoms with van der Waals surface area (Å²) in [6, 6.07) is 0. The van der Waals surface area contributed by atoms with Crippen LogP contribution in [0.4, 0.5) is 0 Å². The van der Waals surface area contributed by atoms with Gasteiger partial charge in [0.15, 0.2) is 5.16 Å². The molecule has 0 radical (unpaired) electrons. The van der Waals surface area contributed by atoms with Gasteiger partial charge in [-0.25, -0.2) is 9.97 Å². The quantitative estimate of drug-likeness (QED) is 0.537. The molecule has 1 aromatic heterocycles. The van der Waals surface area contributed by atoms with Crippen LogP contribution in [0.15, 0.2) is 17.6 Å². The minimum absolute atomic E-state index is 0.164. The van der Waals surface area contributed by atoms with Crippen LogP contribution in [-0.4, -0.2) is 29.2 Å². The number of nitrogens with zero attached hydrogens (tertiary/aromatic N) is 2. The van der Waals surface area contributed by atoms with E-state index in [4.69, 9.17) is 0 Å². The number of carbonyl (C=O) groups excluding carboxylic acids is 1. The molecule has 0 atom stereocenters. The first-order chi connectivity index (χ1) is 5.77. The van der Waals surface area contributed by atoms with Crippen LogP contribution in [0.3, 0.4) is 0 Å². The van der Waals surface area contributed by atoms with Crippen molar-refractivity contribution in [2.45, 2.75) is 5.16 Å². The van der Waals surface area contributed by atoms with E-state index in [2.05, 4.69) is 15.3 Å². The summed E-state index contributed by atoms with van der Waals surface area (Å²) in [5.74, 6) is -0.164. The molecule has 0 unspecified atom stereocenters.